The van der Waals surface area contributed by atoms with Crippen molar-refractivity contribution in [3.63, 3.8) is 0 Å². The Bertz CT molecular complexity index is 1560. The first-order valence-electron chi connectivity index (χ1n) is 10.8. The SMILES string of the molecule is CCNCc1cncc(-c2ccc3[nH]nc(-c4nc5c(-c6cccs6)cncc5[nH]4)c3c2)c1. The van der Waals surface area contributed by atoms with E-state index in [-0.39, 0.29) is 0 Å². The highest BCUT2D eigenvalue weighted by atomic mass is 32.1. The molecule has 1 aromatic carbocycles. The minimum atomic E-state index is 0.721. The van der Waals surface area contributed by atoms with Gasteiger partial charge in [0.2, 0.25) is 0 Å². The lowest BCUT2D eigenvalue weighted by Crippen LogP contribution is -2.11. The van der Waals surface area contributed by atoms with Gasteiger partial charge in [0.05, 0.1) is 17.2 Å². The molecule has 0 aliphatic heterocycles. The summed E-state index contributed by atoms with van der Waals surface area (Å²) in [5, 5.41) is 14.2. The minimum absolute atomic E-state index is 0.721. The number of H-pyrrole nitrogens is 2. The summed E-state index contributed by atoms with van der Waals surface area (Å²) in [6, 6.07) is 12.6. The Balaban J connectivity index is 1.44. The molecule has 0 saturated carbocycles. The van der Waals surface area contributed by atoms with Gasteiger partial charge in [0.25, 0.3) is 0 Å². The summed E-state index contributed by atoms with van der Waals surface area (Å²) in [6.07, 6.45) is 7.48. The first kappa shape index (κ1) is 19.8. The van der Waals surface area contributed by atoms with Crippen molar-refractivity contribution in [2.75, 3.05) is 6.54 Å². The van der Waals surface area contributed by atoms with Crippen LogP contribution in [0.3, 0.4) is 0 Å². The van der Waals surface area contributed by atoms with Gasteiger partial charge < -0.3 is 10.3 Å². The summed E-state index contributed by atoms with van der Waals surface area (Å²) in [5.74, 6) is 0.721. The maximum absolute atomic E-state index is 4.92. The van der Waals surface area contributed by atoms with Gasteiger partial charge in [0.15, 0.2) is 5.82 Å². The van der Waals surface area contributed by atoms with Gasteiger partial charge in [0, 0.05) is 46.5 Å². The largest absolute Gasteiger partial charge is 0.335 e. The van der Waals surface area contributed by atoms with Crippen LogP contribution < -0.4 is 5.32 Å². The van der Waals surface area contributed by atoms with E-state index >= 15 is 0 Å². The van der Waals surface area contributed by atoms with Crippen LogP contribution in [0.1, 0.15) is 12.5 Å². The van der Waals surface area contributed by atoms with Crippen LogP contribution in [0.2, 0.25) is 0 Å². The van der Waals surface area contributed by atoms with Crippen molar-refractivity contribution in [1.29, 1.82) is 0 Å². The molecule has 0 saturated heterocycles. The van der Waals surface area contributed by atoms with Crippen LogP contribution in [0.25, 0.3) is 55.0 Å². The van der Waals surface area contributed by atoms with E-state index in [4.69, 9.17) is 4.98 Å². The molecule has 6 rings (SSSR count). The third-order valence-electron chi connectivity index (χ3n) is 5.68. The Morgan fingerprint density at radius 1 is 0.970 bits per heavy atom. The molecule has 8 heteroatoms. The number of pyridine rings is 2. The quantitative estimate of drug-likeness (QED) is 0.315. The number of fused-ring (bicyclic) bond motifs is 2. The summed E-state index contributed by atoms with van der Waals surface area (Å²) >= 11 is 1.68. The van der Waals surface area contributed by atoms with Gasteiger partial charge >= 0.3 is 0 Å². The van der Waals surface area contributed by atoms with Gasteiger partial charge in [-0.15, -0.1) is 11.3 Å². The molecule has 162 valence electrons. The summed E-state index contributed by atoms with van der Waals surface area (Å²) < 4.78 is 0. The van der Waals surface area contributed by atoms with Gasteiger partial charge in [-0.25, -0.2) is 4.98 Å². The number of aromatic amines is 2. The molecule has 0 aliphatic carbocycles. The van der Waals surface area contributed by atoms with Crippen molar-refractivity contribution in [1.82, 2.24) is 35.5 Å². The van der Waals surface area contributed by atoms with E-state index in [1.165, 1.54) is 0 Å². The second-order valence-corrected chi connectivity index (χ2v) is 8.79. The smallest absolute Gasteiger partial charge is 0.159 e. The van der Waals surface area contributed by atoms with Crippen molar-refractivity contribution >= 4 is 33.3 Å². The van der Waals surface area contributed by atoms with Crippen LogP contribution in [0, 0.1) is 0 Å². The highest BCUT2D eigenvalue weighted by Crippen LogP contribution is 2.34. The van der Waals surface area contributed by atoms with E-state index in [1.807, 2.05) is 30.9 Å². The van der Waals surface area contributed by atoms with Crippen LogP contribution >= 0.6 is 11.3 Å². The normalized spacial score (nSPS) is 11.5. The summed E-state index contributed by atoms with van der Waals surface area (Å²) in [4.78, 5) is 18.3. The van der Waals surface area contributed by atoms with E-state index in [0.29, 0.717) is 0 Å². The highest BCUT2D eigenvalue weighted by molar-refractivity contribution is 7.13. The molecule has 0 atom stereocenters. The third kappa shape index (κ3) is 3.59. The van der Waals surface area contributed by atoms with Crippen molar-refractivity contribution < 1.29 is 0 Å². The molecule has 0 unspecified atom stereocenters. The monoisotopic (exact) mass is 451 g/mol. The Hall–Kier alpha value is -3.88. The van der Waals surface area contributed by atoms with Crippen molar-refractivity contribution in [2.45, 2.75) is 13.5 Å². The number of hydrogen-bond acceptors (Lipinski definition) is 6. The molecule has 0 amide bonds. The van der Waals surface area contributed by atoms with Crippen LogP contribution in [-0.4, -0.2) is 36.7 Å². The van der Waals surface area contributed by atoms with Gasteiger partial charge in [-0.1, -0.05) is 19.1 Å². The van der Waals surface area contributed by atoms with Crippen molar-refractivity contribution in [2.24, 2.45) is 0 Å². The van der Waals surface area contributed by atoms with E-state index in [0.717, 1.165) is 73.7 Å². The van der Waals surface area contributed by atoms with Gasteiger partial charge in [-0.2, -0.15) is 5.10 Å². The standard InChI is InChI=1S/C25H21N7S/c1-2-26-10-15-8-17(12-27-11-15)16-5-6-20-18(9-16)24(32-31-20)25-29-21-14-28-13-19(23(21)30-25)22-4-3-7-33-22/h3-9,11-14,26H,2,10H2,1H3,(H,29,30)(H,31,32). The van der Waals surface area contributed by atoms with Gasteiger partial charge in [-0.05, 0) is 47.3 Å². The minimum Gasteiger partial charge on any atom is -0.335 e. The fourth-order valence-corrected chi connectivity index (χ4v) is 4.78. The Morgan fingerprint density at radius 3 is 2.79 bits per heavy atom. The summed E-state index contributed by atoms with van der Waals surface area (Å²) in [7, 11) is 0. The van der Waals surface area contributed by atoms with Crippen LogP contribution in [0.15, 0.2) is 66.6 Å². The summed E-state index contributed by atoms with van der Waals surface area (Å²) in [6.45, 7) is 3.83. The molecular weight excluding hydrogens is 430 g/mol. The topological polar surface area (TPSA) is 95.2 Å². The molecule has 0 fully saturated rings. The number of rotatable bonds is 6. The van der Waals surface area contributed by atoms with Gasteiger partial charge in [0.1, 0.15) is 11.2 Å². The van der Waals surface area contributed by atoms with Crippen LogP contribution in [-0.2, 0) is 6.54 Å². The lowest BCUT2D eigenvalue weighted by molar-refractivity contribution is 0.724. The zero-order valence-electron chi connectivity index (χ0n) is 18.0. The molecular formula is C25H21N7S. The lowest BCUT2D eigenvalue weighted by atomic mass is 10.0. The first-order chi connectivity index (χ1) is 16.3. The maximum atomic E-state index is 4.92. The van der Waals surface area contributed by atoms with E-state index in [9.17, 15) is 0 Å². The predicted octanol–water partition coefficient (Wildman–Crippen LogP) is 5.40. The number of nitrogens with one attached hydrogen (secondary N) is 3. The molecule has 33 heavy (non-hydrogen) atoms. The van der Waals surface area contributed by atoms with Crippen molar-refractivity contribution in [3.8, 4) is 33.1 Å². The molecule has 5 aromatic heterocycles. The van der Waals surface area contributed by atoms with Crippen molar-refractivity contribution in [3.05, 3.63) is 72.1 Å². The second kappa shape index (κ2) is 8.23. The number of imidazole rings is 1. The maximum Gasteiger partial charge on any atom is 0.159 e. The number of nitrogens with zero attached hydrogens (tertiary/aromatic N) is 4. The van der Waals surface area contributed by atoms with E-state index in [2.05, 4.69) is 73.1 Å². The zero-order valence-corrected chi connectivity index (χ0v) is 18.8. The third-order valence-corrected chi connectivity index (χ3v) is 6.58. The second-order valence-electron chi connectivity index (χ2n) is 7.84. The highest BCUT2D eigenvalue weighted by Gasteiger charge is 2.16. The molecule has 0 radical (unpaired) electrons. The van der Waals surface area contributed by atoms with E-state index in [1.54, 1.807) is 11.3 Å². The number of benzene rings is 1. The zero-order chi connectivity index (χ0) is 22.2. The number of aromatic nitrogens is 6. The Labute approximate surface area is 194 Å². The van der Waals surface area contributed by atoms with Crippen LogP contribution in [0.4, 0.5) is 0 Å². The molecule has 0 spiro atoms. The molecule has 3 N–H and O–H groups in total. The van der Waals surface area contributed by atoms with Gasteiger partial charge in [-0.3, -0.25) is 15.1 Å². The van der Waals surface area contributed by atoms with Crippen LogP contribution in [0.5, 0.6) is 0 Å². The fraction of sp³-hybridized carbons (Fsp3) is 0.120. The summed E-state index contributed by atoms with van der Waals surface area (Å²) in [5.41, 5.74) is 7.89. The predicted molar refractivity (Wildman–Crippen MR) is 133 cm³/mol. The molecule has 7 nitrogen and oxygen atoms in total. The Kier molecular flexibility index (Phi) is 4.93. The first-order valence-corrected chi connectivity index (χ1v) is 11.7. The molecule has 6 aromatic rings. The molecule has 5 heterocycles. The average molecular weight is 452 g/mol. The Morgan fingerprint density at radius 2 is 1.91 bits per heavy atom. The molecule has 0 bridgehead atoms. The number of thiophene rings is 1. The molecule has 0 aliphatic rings. The average Bonchev–Trinajstić information content (AvgIpc) is 3.61. The number of hydrogen-bond donors (Lipinski definition) is 3. The fourth-order valence-electron chi connectivity index (χ4n) is 4.04. The van der Waals surface area contributed by atoms with E-state index < -0.39 is 0 Å². The lowest BCUT2D eigenvalue weighted by Gasteiger charge is -2.06.